The molecule has 0 N–H and O–H groups in total. The Kier molecular flexibility index (Phi) is 3.63. The standard InChI is InChI=1S/C7H12N2.BrH.Cu/c1-3-8-5-6-9(4-2)7-8;;/h5-6H,3-4H2,1-2H3;1H;/q;;+1/p-1. The van der Waals surface area contributed by atoms with E-state index in [-0.39, 0.29) is 0 Å². The summed E-state index contributed by atoms with van der Waals surface area (Å²) in [4.78, 5) is 0. The number of halogens is 1. The molecule has 0 spiro atoms. The molecule has 0 atom stereocenters. The summed E-state index contributed by atoms with van der Waals surface area (Å²) in [7, 11) is 0. The Balaban J connectivity index is 3.21. The molecule has 0 bridgehead atoms. The van der Waals surface area contributed by atoms with Gasteiger partial charge in [-0.25, -0.2) is 0 Å². The van der Waals surface area contributed by atoms with E-state index in [1.54, 1.807) is 12.7 Å². The predicted molar refractivity (Wildman–Crippen MR) is 45.9 cm³/mol. The Hall–Kier alpha value is 0.209. The number of aromatic nitrogens is 2. The Bertz CT molecular complexity index is 262. The number of nitrogens with zero attached hydrogens (tertiary/aromatic N) is 2. The average molecular weight is 268 g/mol. The molecule has 0 unspecified atom stereocenters. The molecule has 0 aliphatic heterocycles. The van der Waals surface area contributed by atoms with Crippen LogP contribution in [-0.2, 0) is 25.8 Å². The van der Waals surface area contributed by atoms with Crippen molar-refractivity contribution in [2.45, 2.75) is 26.9 Å². The number of imidazole rings is 1. The van der Waals surface area contributed by atoms with Crippen LogP contribution in [0.25, 0.3) is 0 Å². The second-order valence-electron chi connectivity index (χ2n) is 2.16. The molecule has 1 rings (SSSR count). The van der Waals surface area contributed by atoms with Crippen molar-refractivity contribution in [3.63, 3.8) is 0 Å². The Morgan fingerprint density at radius 2 is 1.73 bits per heavy atom. The maximum atomic E-state index is 3.38. The van der Waals surface area contributed by atoms with Gasteiger partial charge in [0.2, 0.25) is 0 Å². The van der Waals surface area contributed by atoms with Crippen molar-refractivity contribution in [2.24, 2.45) is 0 Å². The molecule has 0 saturated heterocycles. The molecule has 1 aromatic rings. The van der Waals surface area contributed by atoms with Gasteiger partial charge in [-0.15, -0.1) is 0 Å². The molecular weight excluding hydrogens is 256 g/mol. The first-order valence-corrected chi connectivity index (χ1v) is 6.41. The number of hydrogen-bond acceptors (Lipinski definition) is 0. The molecular formula is C7H12BrCuN2. The van der Waals surface area contributed by atoms with Crippen molar-refractivity contribution >= 4 is 14.1 Å². The molecule has 1 aromatic heterocycles. The third kappa shape index (κ3) is 1.86. The van der Waals surface area contributed by atoms with Crippen LogP contribution in [0, 0.1) is 4.32 Å². The van der Waals surface area contributed by atoms with Gasteiger partial charge < -0.3 is 0 Å². The monoisotopic (exact) mass is 266 g/mol. The van der Waals surface area contributed by atoms with E-state index in [2.05, 4.69) is 49.5 Å². The van der Waals surface area contributed by atoms with E-state index in [1.807, 2.05) is 0 Å². The van der Waals surface area contributed by atoms with E-state index in [0.717, 1.165) is 13.1 Å². The van der Waals surface area contributed by atoms with Gasteiger partial charge in [0.1, 0.15) is 0 Å². The predicted octanol–water partition coefficient (Wildman–Crippen LogP) is 2.25. The summed E-state index contributed by atoms with van der Waals surface area (Å²) >= 11 is 5.09. The van der Waals surface area contributed by atoms with Crippen LogP contribution in [0.1, 0.15) is 13.8 Å². The second kappa shape index (κ2) is 4.29. The SMILES string of the molecule is CCn1ccn(CC)[c]1=[Cu][Br]. The van der Waals surface area contributed by atoms with Crippen LogP contribution in [0.5, 0.6) is 0 Å². The minimum absolute atomic E-state index is 1.03. The molecule has 0 radical (unpaired) electrons. The van der Waals surface area contributed by atoms with Gasteiger partial charge in [0.25, 0.3) is 0 Å². The van der Waals surface area contributed by atoms with Crippen LogP contribution >= 0.6 is 14.1 Å². The minimum atomic E-state index is 1.03. The molecule has 68 valence electrons. The molecule has 4 heteroatoms. The third-order valence-corrected chi connectivity index (χ3v) is 3.17. The number of rotatable bonds is 2. The van der Waals surface area contributed by atoms with E-state index in [4.69, 9.17) is 0 Å². The summed E-state index contributed by atoms with van der Waals surface area (Å²) in [5.74, 6) is 0. The van der Waals surface area contributed by atoms with Gasteiger partial charge in [0, 0.05) is 0 Å². The molecule has 0 aliphatic rings. The van der Waals surface area contributed by atoms with Crippen molar-refractivity contribution in [1.82, 2.24) is 9.13 Å². The molecule has 0 saturated carbocycles. The Morgan fingerprint density at radius 3 is 2.00 bits per heavy atom. The fourth-order valence-electron chi connectivity index (χ4n) is 0.951. The number of aryl methyl sites for hydroxylation is 2. The van der Waals surface area contributed by atoms with Gasteiger partial charge >= 0.3 is 79.6 Å². The summed E-state index contributed by atoms with van der Waals surface area (Å²) in [6.07, 6.45) is 4.20. The summed E-state index contributed by atoms with van der Waals surface area (Å²) in [5, 5.41) is 0. The molecule has 2 nitrogen and oxygen atoms in total. The van der Waals surface area contributed by atoms with Gasteiger partial charge in [-0.3, -0.25) is 0 Å². The fraction of sp³-hybridized carbons (Fsp3) is 0.571. The molecule has 0 amide bonds. The molecule has 0 aromatic carbocycles. The summed E-state index contributed by atoms with van der Waals surface area (Å²) < 4.78 is 5.66. The van der Waals surface area contributed by atoms with Crippen molar-refractivity contribution in [1.29, 1.82) is 0 Å². The molecule has 11 heavy (non-hydrogen) atoms. The third-order valence-electron chi connectivity index (χ3n) is 1.59. The van der Waals surface area contributed by atoms with Gasteiger partial charge in [-0.2, -0.15) is 0 Å². The Labute approximate surface area is 79.6 Å². The van der Waals surface area contributed by atoms with Gasteiger partial charge in [-0.1, -0.05) is 0 Å². The topological polar surface area (TPSA) is 9.86 Å². The van der Waals surface area contributed by atoms with Gasteiger partial charge in [0.05, 0.1) is 0 Å². The number of hydrogen-bond donors (Lipinski definition) is 0. The first-order valence-electron chi connectivity index (χ1n) is 3.61. The van der Waals surface area contributed by atoms with Crippen LogP contribution in [0.3, 0.4) is 0 Å². The zero-order valence-corrected chi connectivity index (χ0v) is 9.17. The second-order valence-corrected chi connectivity index (χ2v) is 3.75. The normalized spacial score (nSPS) is 10.8. The first kappa shape index (κ1) is 9.30. The molecule has 0 fully saturated rings. The van der Waals surface area contributed by atoms with Crippen LogP contribution < -0.4 is 0 Å². The zero-order valence-electron chi connectivity index (χ0n) is 6.64. The van der Waals surface area contributed by atoms with E-state index < -0.39 is 0 Å². The van der Waals surface area contributed by atoms with Crippen molar-refractivity contribution < 1.29 is 12.7 Å². The molecule has 1 heterocycles. The van der Waals surface area contributed by atoms with E-state index >= 15 is 0 Å². The van der Waals surface area contributed by atoms with E-state index in [9.17, 15) is 0 Å². The van der Waals surface area contributed by atoms with Crippen molar-refractivity contribution in [2.75, 3.05) is 0 Å². The summed E-state index contributed by atoms with van der Waals surface area (Å²) in [5.41, 5.74) is 0. The Morgan fingerprint density at radius 1 is 1.27 bits per heavy atom. The zero-order chi connectivity index (χ0) is 8.27. The molecule has 0 aliphatic carbocycles. The van der Waals surface area contributed by atoms with Crippen LogP contribution in [0.4, 0.5) is 0 Å². The summed E-state index contributed by atoms with van der Waals surface area (Å²) in [6.45, 7) is 6.34. The van der Waals surface area contributed by atoms with Crippen LogP contribution in [0.2, 0.25) is 0 Å². The van der Waals surface area contributed by atoms with E-state index in [0.29, 0.717) is 0 Å². The average Bonchev–Trinajstić information content (AvgIpc) is 2.45. The van der Waals surface area contributed by atoms with Crippen LogP contribution in [-0.4, -0.2) is 9.13 Å². The maximum absolute atomic E-state index is 3.38. The van der Waals surface area contributed by atoms with Crippen molar-refractivity contribution in [3.05, 3.63) is 16.7 Å². The van der Waals surface area contributed by atoms with E-state index in [1.165, 1.54) is 4.32 Å². The fourth-order valence-corrected chi connectivity index (χ4v) is 2.73. The first-order chi connectivity index (χ1) is 5.33. The van der Waals surface area contributed by atoms with Gasteiger partial charge in [0.15, 0.2) is 0 Å². The summed E-state index contributed by atoms with van der Waals surface area (Å²) in [6, 6.07) is 0. The van der Waals surface area contributed by atoms with Gasteiger partial charge in [-0.05, 0) is 0 Å². The van der Waals surface area contributed by atoms with Crippen molar-refractivity contribution in [3.8, 4) is 0 Å². The quantitative estimate of drug-likeness (QED) is 0.728. The van der Waals surface area contributed by atoms with Crippen LogP contribution in [0.15, 0.2) is 12.4 Å².